The summed E-state index contributed by atoms with van der Waals surface area (Å²) in [4.78, 5) is 12.9. The van der Waals surface area contributed by atoms with Crippen molar-refractivity contribution in [2.24, 2.45) is 0 Å². The van der Waals surface area contributed by atoms with Crippen LogP contribution in [0.15, 0.2) is 71.6 Å². The molecule has 8 heteroatoms. The number of benzene rings is 3. The molecule has 0 aliphatic heterocycles. The lowest BCUT2D eigenvalue weighted by molar-refractivity contribution is -0.116. The Kier molecular flexibility index (Phi) is 7.38. The van der Waals surface area contributed by atoms with Crippen LogP contribution in [0.1, 0.15) is 16.7 Å². The molecule has 0 spiro atoms. The van der Waals surface area contributed by atoms with Crippen molar-refractivity contribution in [3.63, 3.8) is 0 Å². The van der Waals surface area contributed by atoms with E-state index < -0.39 is 15.9 Å². The third kappa shape index (κ3) is 5.66. The Morgan fingerprint density at radius 2 is 1.61 bits per heavy atom. The van der Waals surface area contributed by atoms with Crippen molar-refractivity contribution < 1.29 is 13.2 Å². The summed E-state index contributed by atoms with van der Waals surface area (Å²) in [7, 11) is -3.95. The smallest absolute Gasteiger partial charge is 0.243 e. The van der Waals surface area contributed by atoms with E-state index in [4.69, 9.17) is 23.2 Å². The molecule has 0 aliphatic carbocycles. The van der Waals surface area contributed by atoms with Gasteiger partial charge in [0.05, 0.1) is 11.4 Å². The summed E-state index contributed by atoms with van der Waals surface area (Å²) in [5.74, 6) is -0.462. The van der Waals surface area contributed by atoms with E-state index >= 15 is 0 Å². The van der Waals surface area contributed by atoms with E-state index in [-0.39, 0.29) is 18.0 Å². The van der Waals surface area contributed by atoms with E-state index in [0.29, 0.717) is 21.3 Å². The molecule has 0 fully saturated rings. The number of rotatable bonds is 7. The second-order valence-electron chi connectivity index (χ2n) is 7.11. The molecule has 3 aromatic carbocycles. The van der Waals surface area contributed by atoms with Crippen LogP contribution in [-0.4, -0.2) is 25.2 Å². The average molecular weight is 477 g/mol. The number of hydrogen-bond donors (Lipinski definition) is 1. The van der Waals surface area contributed by atoms with Gasteiger partial charge < -0.3 is 5.32 Å². The zero-order valence-corrected chi connectivity index (χ0v) is 19.4. The predicted octanol–water partition coefficient (Wildman–Crippen LogP) is 5.44. The number of anilines is 1. The Morgan fingerprint density at radius 1 is 0.935 bits per heavy atom. The first-order valence-corrected chi connectivity index (χ1v) is 11.7. The van der Waals surface area contributed by atoms with Crippen LogP contribution < -0.4 is 5.32 Å². The number of aryl methyl sites for hydroxylation is 1. The Bertz CT molecular complexity index is 1200. The molecule has 1 amide bonds. The monoisotopic (exact) mass is 476 g/mol. The van der Waals surface area contributed by atoms with Gasteiger partial charge in [0.15, 0.2) is 0 Å². The number of halogens is 2. The van der Waals surface area contributed by atoms with Crippen LogP contribution in [0.5, 0.6) is 0 Å². The van der Waals surface area contributed by atoms with E-state index in [1.165, 1.54) is 24.3 Å². The molecule has 31 heavy (non-hydrogen) atoms. The summed E-state index contributed by atoms with van der Waals surface area (Å²) >= 11 is 12.0. The van der Waals surface area contributed by atoms with Gasteiger partial charge in [-0.3, -0.25) is 4.79 Å². The maximum absolute atomic E-state index is 13.4. The number of amides is 1. The van der Waals surface area contributed by atoms with Gasteiger partial charge in [0.2, 0.25) is 15.9 Å². The van der Waals surface area contributed by atoms with Crippen molar-refractivity contribution in [2.45, 2.75) is 25.3 Å². The van der Waals surface area contributed by atoms with Gasteiger partial charge >= 0.3 is 0 Å². The third-order valence-corrected chi connectivity index (χ3v) is 7.39. The SMILES string of the molecule is Cc1ccccc1CN(CC(=O)Nc1cccc(Cl)c1C)S(=O)(=O)c1ccc(Cl)cc1. The van der Waals surface area contributed by atoms with Gasteiger partial charge in [-0.25, -0.2) is 8.42 Å². The maximum Gasteiger partial charge on any atom is 0.243 e. The van der Waals surface area contributed by atoms with Gasteiger partial charge in [0, 0.05) is 22.3 Å². The zero-order valence-electron chi connectivity index (χ0n) is 17.1. The summed E-state index contributed by atoms with van der Waals surface area (Å²) in [6.45, 7) is 3.39. The normalized spacial score (nSPS) is 11.5. The first-order chi connectivity index (χ1) is 14.7. The Labute approximate surface area is 192 Å². The minimum absolute atomic E-state index is 0.0551. The molecule has 0 atom stereocenters. The van der Waals surface area contributed by atoms with E-state index in [1.54, 1.807) is 25.1 Å². The number of nitrogens with one attached hydrogen (secondary N) is 1. The molecule has 0 aromatic heterocycles. The third-order valence-electron chi connectivity index (χ3n) is 4.92. The molecule has 3 aromatic rings. The molecule has 0 saturated heterocycles. The highest BCUT2D eigenvalue weighted by Gasteiger charge is 2.27. The summed E-state index contributed by atoms with van der Waals surface area (Å²) in [5.41, 5.74) is 3.00. The fraction of sp³-hybridized carbons (Fsp3) is 0.174. The molecular weight excluding hydrogens is 455 g/mol. The summed E-state index contributed by atoms with van der Waals surface area (Å²) < 4.78 is 27.9. The number of carbonyl (C=O) groups is 1. The van der Waals surface area contributed by atoms with Crippen LogP contribution in [0, 0.1) is 13.8 Å². The molecular formula is C23H22Cl2N2O3S. The van der Waals surface area contributed by atoms with E-state index in [9.17, 15) is 13.2 Å². The summed E-state index contributed by atoms with van der Waals surface area (Å²) in [6, 6.07) is 18.5. The lowest BCUT2D eigenvalue weighted by Gasteiger charge is -2.23. The Morgan fingerprint density at radius 3 is 2.29 bits per heavy atom. The second-order valence-corrected chi connectivity index (χ2v) is 9.90. The second kappa shape index (κ2) is 9.83. The van der Waals surface area contributed by atoms with Crippen LogP contribution in [-0.2, 0) is 21.4 Å². The van der Waals surface area contributed by atoms with Crippen LogP contribution in [0.3, 0.4) is 0 Å². The summed E-state index contributed by atoms with van der Waals surface area (Å²) in [6.07, 6.45) is 0. The molecule has 0 unspecified atom stereocenters. The van der Waals surface area contributed by atoms with Gasteiger partial charge in [-0.1, -0.05) is 53.5 Å². The topological polar surface area (TPSA) is 66.5 Å². The largest absolute Gasteiger partial charge is 0.325 e. The van der Waals surface area contributed by atoms with E-state index in [1.807, 2.05) is 31.2 Å². The molecule has 0 aliphatic rings. The highest BCUT2D eigenvalue weighted by molar-refractivity contribution is 7.89. The maximum atomic E-state index is 13.4. The number of sulfonamides is 1. The minimum Gasteiger partial charge on any atom is -0.325 e. The number of carbonyl (C=O) groups excluding carboxylic acids is 1. The van der Waals surface area contributed by atoms with Gasteiger partial charge in [0.1, 0.15) is 0 Å². The lowest BCUT2D eigenvalue weighted by atomic mass is 10.1. The predicted molar refractivity (Wildman–Crippen MR) is 125 cm³/mol. The molecule has 1 N–H and O–H groups in total. The van der Waals surface area contributed by atoms with Gasteiger partial charge in [-0.2, -0.15) is 4.31 Å². The fourth-order valence-electron chi connectivity index (χ4n) is 3.05. The van der Waals surface area contributed by atoms with Crippen molar-refractivity contribution in [3.8, 4) is 0 Å². The molecule has 162 valence electrons. The van der Waals surface area contributed by atoms with Crippen LogP contribution in [0.2, 0.25) is 10.0 Å². The minimum atomic E-state index is -3.95. The molecule has 3 rings (SSSR count). The summed E-state index contributed by atoms with van der Waals surface area (Å²) in [5, 5.41) is 3.71. The van der Waals surface area contributed by atoms with Crippen molar-refractivity contribution in [1.29, 1.82) is 0 Å². The van der Waals surface area contributed by atoms with E-state index in [2.05, 4.69) is 5.32 Å². The van der Waals surface area contributed by atoms with Crippen LogP contribution in [0.4, 0.5) is 5.69 Å². The van der Waals surface area contributed by atoms with Crippen molar-refractivity contribution in [3.05, 3.63) is 93.5 Å². The molecule has 0 radical (unpaired) electrons. The van der Waals surface area contributed by atoms with Crippen LogP contribution >= 0.6 is 23.2 Å². The highest BCUT2D eigenvalue weighted by Crippen LogP contribution is 2.24. The zero-order chi connectivity index (χ0) is 22.6. The first kappa shape index (κ1) is 23.3. The lowest BCUT2D eigenvalue weighted by Crippen LogP contribution is -2.37. The molecule has 5 nitrogen and oxygen atoms in total. The number of hydrogen-bond acceptors (Lipinski definition) is 3. The van der Waals surface area contributed by atoms with Crippen molar-refractivity contribution >= 4 is 44.8 Å². The standard InChI is InChI=1S/C23H22Cl2N2O3S/c1-16-6-3-4-7-18(16)14-27(31(29,30)20-12-10-19(24)11-13-20)15-23(28)26-22-9-5-8-21(25)17(22)2/h3-13H,14-15H2,1-2H3,(H,26,28). The highest BCUT2D eigenvalue weighted by atomic mass is 35.5. The Hall–Kier alpha value is -2.38. The van der Waals surface area contributed by atoms with Crippen molar-refractivity contribution in [1.82, 2.24) is 4.31 Å². The molecule has 0 heterocycles. The Balaban J connectivity index is 1.91. The van der Waals surface area contributed by atoms with Gasteiger partial charge in [0.25, 0.3) is 0 Å². The first-order valence-electron chi connectivity index (χ1n) is 9.53. The molecule has 0 saturated carbocycles. The number of nitrogens with zero attached hydrogens (tertiary/aromatic N) is 1. The fourth-order valence-corrected chi connectivity index (χ4v) is 4.73. The molecule has 0 bridgehead atoms. The van der Waals surface area contributed by atoms with E-state index in [0.717, 1.165) is 15.4 Å². The van der Waals surface area contributed by atoms with Crippen molar-refractivity contribution in [2.75, 3.05) is 11.9 Å². The van der Waals surface area contributed by atoms with Gasteiger partial charge in [-0.15, -0.1) is 0 Å². The van der Waals surface area contributed by atoms with Gasteiger partial charge in [-0.05, 0) is 66.9 Å². The average Bonchev–Trinajstić information content (AvgIpc) is 2.73. The van der Waals surface area contributed by atoms with Crippen LogP contribution in [0.25, 0.3) is 0 Å². The quantitative estimate of drug-likeness (QED) is 0.493.